The molecule has 0 bridgehead atoms. The Balaban J connectivity index is -0.000000372. The number of rotatable bonds is 9. The van der Waals surface area contributed by atoms with Crippen molar-refractivity contribution in [2.24, 2.45) is 0 Å². The Morgan fingerprint density at radius 1 is 0.864 bits per heavy atom. The molecule has 8 N–H and O–H groups in total. The van der Waals surface area contributed by atoms with Gasteiger partial charge in [0, 0.05) is 0 Å². The Morgan fingerprint density at radius 2 is 1.09 bits per heavy atom. The highest BCUT2D eigenvalue weighted by molar-refractivity contribution is 4.64. The minimum Gasteiger partial charge on any atom is -0.876 e. The van der Waals surface area contributed by atoms with Crippen molar-refractivity contribution >= 4 is 0 Å². The molecule has 8 heteroatoms. The molecular formula is C14H32N2O6. The summed E-state index contributed by atoms with van der Waals surface area (Å²) in [7, 11) is 0. The Hall–Kier alpha value is -1.16. The predicted octanol–water partition coefficient (Wildman–Crippen LogP) is -5.42. The van der Waals surface area contributed by atoms with E-state index in [0.29, 0.717) is 13.1 Å². The molecule has 8 nitrogen and oxygen atoms in total. The largest absolute Gasteiger partial charge is 0.876 e. The van der Waals surface area contributed by atoms with Crippen LogP contribution in [0.2, 0.25) is 0 Å². The van der Waals surface area contributed by atoms with Gasteiger partial charge in [-0.15, -0.1) is 24.7 Å². The highest BCUT2D eigenvalue weighted by Gasteiger charge is 2.05. The fraction of sp³-hybridized carbons (Fsp3) is 0.714. The normalized spacial score (nSPS) is 12.1. The van der Waals surface area contributed by atoms with E-state index in [0.717, 1.165) is 13.1 Å². The topological polar surface area (TPSA) is 160 Å². The summed E-state index contributed by atoms with van der Waals surface area (Å²) in [5.74, 6) is -0.167. The number of hydrogen-bond donors (Lipinski definition) is 6. The van der Waals surface area contributed by atoms with Gasteiger partial charge in [0.1, 0.15) is 38.4 Å². The summed E-state index contributed by atoms with van der Waals surface area (Å²) in [6.07, 6.45) is -1.31. The van der Waals surface area contributed by atoms with E-state index in [1.165, 1.54) is 13.8 Å². The van der Waals surface area contributed by atoms with Crippen molar-refractivity contribution in [2.45, 2.75) is 26.1 Å². The Bertz CT molecular complexity index is 230. The van der Waals surface area contributed by atoms with Crippen molar-refractivity contribution in [1.82, 2.24) is 0 Å². The van der Waals surface area contributed by atoms with Gasteiger partial charge in [0.2, 0.25) is 0 Å². The van der Waals surface area contributed by atoms with E-state index in [-0.39, 0.29) is 24.7 Å². The fourth-order valence-corrected chi connectivity index (χ4v) is 1.01. The first-order valence-electron chi connectivity index (χ1n) is 7.03. The minimum absolute atomic E-state index is 0.0833. The summed E-state index contributed by atoms with van der Waals surface area (Å²) >= 11 is 0. The van der Waals surface area contributed by atoms with Crippen LogP contribution in [0, 0.1) is 0 Å². The lowest BCUT2D eigenvalue weighted by Crippen LogP contribution is -2.96. The van der Waals surface area contributed by atoms with Crippen LogP contribution in [0.4, 0.5) is 0 Å². The molecule has 0 amide bonds. The molecule has 22 heavy (non-hydrogen) atoms. The molecule has 0 aliphatic heterocycles. The Morgan fingerprint density at radius 3 is 1.27 bits per heavy atom. The highest BCUT2D eigenvalue weighted by atomic mass is 16.3. The summed E-state index contributed by atoms with van der Waals surface area (Å²) < 4.78 is 0. The third kappa shape index (κ3) is 42.8. The third-order valence-corrected chi connectivity index (χ3v) is 1.87. The van der Waals surface area contributed by atoms with Crippen LogP contribution >= 0.6 is 0 Å². The molecule has 0 spiro atoms. The number of hydrogen-bond acceptors (Lipinski definition) is 6. The predicted molar refractivity (Wildman–Crippen MR) is 79.1 cm³/mol. The third-order valence-electron chi connectivity index (χ3n) is 1.87. The fourth-order valence-electron chi connectivity index (χ4n) is 1.01. The molecule has 0 saturated carbocycles. The van der Waals surface area contributed by atoms with E-state index >= 15 is 0 Å². The van der Waals surface area contributed by atoms with Crippen molar-refractivity contribution in [3.8, 4) is 0 Å². The second-order valence-corrected chi connectivity index (χ2v) is 4.70. The van der Waals surface area contributed by atoms with Gasteiger partial charge in [0.15, 0.2) is 0 Å². The molecule has 0 aromatic carbocycles. The number of aliphatic hydroxyl groups is 4. The standard InChI is InChI=1S/C8H20N2O4.2C3H6O/c11-5-7(13)3-9-1-2-10-4-8(14)6-12;2*1-3(2)4/h7-14H,1-6H2;2*4H,1H2,2H3. The van der Waals surface area contributed by atoms with Gasteiger partial charge in [-0.2, -0.15) is 0 Å². The molecule has 0 radical (unpaired) electrons. The van der Waals surface area contributed by atoms with E-state index in [2.05, 4.69) is 13.2 Å². The lowest BCUT2D eigenvalue weighted by molar-refractivity contribution is -0.728. The lowest BCUT2D eigenvalue weighted by Gasteiger charge is -2.07. The molecule has 0 heterocycles. The Kier molecular flexibility index (Phi) is 23.2. The number of aliphatic hydroxyl groups excluding tert-OH is 4. The summed E-state index contributed by atoms with van der Waals surface area (Å²) in [5, 5.41) is 57.4. The van der Waals surface area contributed by atoms with E-state index in [1.54, 1.807) is 0 Å². The van der Waals surface area contributed by atoms with Crippen LogP contribution in [0.1, 0.15) is 13.8 Å². The minimum atomic E-state index is -0.655. The van der Waals surface area contributed by atoms with Crippen molar-refractivity contribution in [3.63, 3.8) is 0 Å². The molecule has 0 saturated heterocycles. The maximum Gasteiger partial charge on any atom is 0.126 e. The average Bonchev–Trinajstić information content (AvgIpc) is 2.40. The van der Waals surface area contributed by atoms with Crippen LogP contribution in [0.3, 0.4) is 0 Å². The number of allylic oxidation sites excluding steroid dienone is 2. The van der Waals surface area contributed by atoms with E-state index in [9.17, 15) is 10.2 Å². The van der Waals surface area contributed by atoms with Crippen molar-refractivity contribution in [3.05, 3.63) is 24.7 Å². The van der Waals surface area contributed by atoms with Crippen LogP contribution in [0.5, 0.6) is 0 Å². The summed E-state index contributed by atoms with van der Waals surface area (Å²) in [6, 6.07) is 0. The molecule has 2 unspecified atom stereocenters. The monoisotopic (exact) mass is 324 g/mol. The van der Waals surface area contributed by atoms with Gasteiger partial charge in [0.05, 0.1) is 13.2 Å². The zero-order valence-corrected chi connectivity index (χ0v) is 13.6. The molecule has 0 aliphatic rings. The zero-order valence-electron chi connectivity index (χ0n) is 13.6. The van der Waals surface area contributed by atoms with Gasteiger partial charge in [-0.25, -0.2) is 0 Å². The van der Waals surface area contributed by atoms with Gasteiger partial charge in [-0.1, -0.05) is 13.8 Å². The van der Waals surface area contributed by atoms with Gasteiger partial charge in [-0.05, 0) is 0 Å². The van der Waals surface area contributed by atoms with Gasteiger partial charge >= 0.3 is 0 Å². The van der Waals surface area contributed by atoms with Crippen LogP contribution in [0.25, 0.3) is 0 Å². The molecule has 0 aromatic heterocycles. The van der Waals surface area contributed by atoms with Crippen LogP contribution in [0.15, 0.2) is 24.7 Å². The lowest BCUT2D eigenvalue weighted by atomic mass is 10.3. The van der Waals surface area contributed by atoms with E-state index in [4.69, 9.17) is 20.4 Å². The van der Waals surface area contributed by atoms with Crippen molar-refractivity contribution < 1.29 is 41.3 Å². The molecule has 0 aromatic rings. The molecular weight excluding hydrogens is 292 g/mol. The number of nitrogens with two attached hydrogens (primary N) is 2. The SMILES string of the molecule is C=C(C)[O-].C=C(C)[O-].OCC(O)C[NH2+]CC[NH2+]CC(O)CO. The average molecular weight is 324 g/mol. The number of quaternary nitrogens is 2. The van der Waals surface area contributed by atoms with Crippen LogP contribution in [-0.4, -0.2) is 72.0 Å². The summed E-state index contributed by atoms with van der Waals surface area (Å²) in [5.41, 5.74) is 0. The first kappa shape index (κ1) is 25.8. The Labute approximate surface area is 132 Å². The molecule has 2 atom stereocenters. The first-order chi connectivity index (χ1) is 10.2. The second kappa shape index (κ2) is 19.8. The van der Waals surface area contributed by atoms with Crippen LogP contribution < -0.4 is 20.8 Å². The second-order valence-electron chi connectivity index (χ2n) is 4.70. The highest BCUT2D eigenvalue weighted by Crippen LogP contribution is 1.70. The first-order valence-corrected chi connectivity index (χ1v) is 7.03. The quantitative estimate of drug-likeness (QED) is 0.183. The summed E-state index contributed by atoms with van der Waals surface area (Å²) in [6.45, 7) is 11.0. The summed E-state index contributed by atoms with van der Waals surface area (Å²) in [4.78, 5) is 0. The molecule has 134 valence electrons. The van der Waals surface area contributed by atoms with Crippen molar-refractivity contribution in [2.75, 3.05) is 39.4 Å². The molecule has 0 rings (SSSR count). The van der Waals surface area contributed by atoms with E-state index in [1.807, 2.05) is 10.6 Å². The smallest absolute Gasteiger partial charge is 0.126 e. The molecule has 0 aliphatic carbocycles. The van der Waals surface area contributed by atoms with Gasteiger partial charge in [-0.3, -0.25) is 0 Å². The zero-order chi connectivity index (χ0) is 18.0. The van der Waals surface area contributed by atoms with Gasteiger partial charge in [0.25, 0.3) is 0 Å². The van der Waals surface area contributed by atoms with E-state index < -0.39 is 12.2 Å². The van der Waals surface area contributed by atoms with Crippen LogP contribution in [-0.2, 0) is 0 Å². The molecule has 0 fully saturated rings. The maximum absolute atomic E-state index is 9.33. The van der Waals surface area contributed by atoms with Crippen molar-refractivity contribution in [1.29, 1.82) is 0 Å². The maximum atomic E-state index is 9.33. The van der Waals surface area contributed by atoms with Gasteiger partial charge < -0.3 is 41.3 Å².